The highest BCUT2D eigenvalue weighted by Gasteiger charge is 2.46. The molecule has 9 aromatic rings. The highest BCUT2D eigenvalue weighted by molar-refractivity contribution is 6.99. The van der Waals surface area contributed by atoms with Gasteiger partial charge in [0.2, 0.25) is 0 Å². The fourth-order valence-electron chi connectivity index (χ4n) is 9.48. The first-order chi connectivity index (χ1) is 29.2. The molecular weight excluding hydrogens is 725 g/mol. The van der Waals surface area contributed by atoms with Gasteiger partial charge in [-0.1, -0.05) is 133 Å². The zero-order chi connectivity index (χ0) is 38.6. The lowest BCUT2D eigenvalue weighted by Gasteiger charge is -2.37. The van der Waals surface area contributed by atoms with Crippen LogP contribution in [0.2, 0.25) is 0 Å². The van der Waals surface area contributed by atoms with Crippen molar-refractivity contribution in [2.75, 3.05) is 0 Å². The van der Waals surface area contributed by atoms with Gasteiger partial charge in [-0.2, -0.15) is 0 Å². The summed E-state index contributed by atoms with van der Waals surface area (Å²) in [7, 11) is 0. The molecule has 0 radical (unpaired) electrons. The molecule has 1 aromatic heterocycles. The first-order valence-electron chi connectivity index (χ1n) is 19.9. The van der Waals surface area contributed by atoms with E-state index in [-0.39, 0.29) is 6.71 Å². The largest absolute Gasteiger partial charge is 0.458 e. The Kier molecular flexibility index (Phi) is 6.78. The van der Waals surface area contributed by atoms with Gasteiger partial charge in [-0.05, 0) is 87.3 Å². The third-order valence-corrected chi connectivity index (χ3v) is 12.1. The van der Waals surface area contributed by atoms with Crippen LogP contribution in [0.5, 0.6) is 34.5 Å². The summed E-state index contributed by atoms with van der Waals surface area (Å²) in [5, 5.41) is 0. The number of fused-ring (bicyclic) bond motifs is 3. The zero-order valence-corrected chi connectivity index (χ0v) is 31.5. The van der Waals surface area contributed by atoms with Gasteiger partial charge in [-0.15, -0.1) is 0 Å². The smallest absolute Gasteiger partial charge is 0.270 e. The van der Waals surface area contributed by atoms with E-state index >= 15 is 0 Å². The summed E-state index contributed by atoms with van der Waals surface area (Å²) in [5.41, 5.74) is 15.8. The van der Waals surface area contributed by atoms with Gasteiger partial charge in [-0.3, -0.25) is 0 Å². The molecule has 0 unspecified atom stereocenters. The van der Waals surface area contributed by atoms with E-state index in [2.05, 4.69) is 72.8 Å². The minimum absolute atomic E-state index is 0.00987. The van der Waals surface area contributed by atoms with Gasteiger partial charge in [0.25, 0.3) is 6.71 Å². The van der Waals surface area contributed by atoms with Crippen molar-refractivity contribution >= 4 is 23.1 Å². The number of ether oxygens (including phenoxy) is 3. The summed E-state index contributed by atoms with van der Waals surface area (Å²) < 4.78 is 19.8. The Morgan fingerprint density at radius 2 is 0.695 bits per heavy atom. The van der Waals surface area contributed by atoms with Gasteiger partial charge in [0.05, 0.1) is 0 Å². The molecule has 0 spiro atoms. The van der Waals surface area contributed by atoms with Crippen LogP contribution in [0, 0.1) is 0 Å². The summed E-state index contributed by atoms with van der Waals surface area (Å²) in [6, 6.07) is 58.6. The first-order valence-corrected chi connectivity index (χ1v) is 19.9. The lowest BCUT2D eigenvalue weighted by molar-refractivity contribution is 0.443. The van der Waals surface area contributed by atoms with Crippen molar-refractivity contribution in [2.24, 2.45) is 0 Å². The molecule has 0 fully saturated rings. The van der Waals surface area contributed by atoms with E-state index in [0.717, 1.165) is 85.1 Å². The van der Waals surface area contributed by atoms with Crippen LogP contribution in [0.15, 0.2) is 170 Å². The maximum Gasteiger partial charge on any atom is 0.270 e. The molecule has 3 aliphatic heterocycles. The second-order valence-electron chi connectivity index (χ2n) is 15.4. The normalized spacial score (nSPS) is 13.1. The molecule has 1 aliphatic carbocycles. The average Bonchev–Trinajstić information content (AvgIpc) is 3.69. The summed E-state index contributed by atoms with van der Waals surface area (Å²) >= 11 is 0. The first kappa shape index (κ1) is 32.3. The van der Waals surface area contributed by atoms with Crippen molar-refractivity contribution in [3.05, 3.63) is 181 Å². The SMILES string of the molecule is c1ccc(-c2nc(-c3ccccc3)nc(-c3ccc(-c4cccc5c4Cc4c(-c6cc7c8c(c6)Oc6cccc9c6B8c6c(cccc6O7)O9)cccc4-5)cc3)n2)cc1. The van der Waals surface area contributed by atoms with Crippen molar-refractivity contribution in [3.63, 3.8) is 0 Å². The van der Waals surface area contributed by atoms with Gasteiger partial charge >= 0.3 is 0 Å². The van der Waals surface area contributed by atoms with Crippen molar-refractivity contribution in [3.8, 4) is 102 Å². The lowest BCUT2D eigenvalue weighted by Crippen LogP contribution is -2.59. The van der Waals surface area contributed by atoms with E-state index < -0.39 is 0 Å². The Balaban J connectivity index is 0.870. The minimum atomic E-state index is -0.00987. The fourth-order valence-corrected chi connectivity index (χ4v) is 9.48. The molecule has 0 saturated carbocycles. The standard InChI is InChI=1S/C52H30BN3O3/c1-3-11-31(12-4-1)50-54-51(32-13-5-2-6-14-32)56-52(55-50)33-25-23-30(24-26-33)35-15-7-17-37-38-18-8-16-36(40(38)29-39(35)37)34-27-45-49-46(28-34)59-44-22-10-20-42-48(44)53(49)47-41(57-42)19-9-21-43(47)58-45/h1-28H,29H2. The van der Waals surface area contributed by atoms with Gasteiger partial charge < -0.3 is 14.2 Å². The van der Waals surface area contributed by atoms with Gasteiger partial charge in [-0.25, -0.2) is 15.0 Å². The highest BCUT2D eigenvalue weighted by atomic mass is 16.5. The van der Waals surface area contributed by atoms with Crippen LogP contribution < -0.4 is 30.6 Å². The molecule has 4 heterocycles. The maximum atomic E-state index is 6.70. The Labute approximate surface area is 340 Å². The molecule has 0 saturated heterocycles. The second-order valence-corrected chi connectivity index (χ2v) is 15.4. The van der Waals surface area contributed by atoms with Crippen LogP contribution in [-0.2, 0) is 6.42 Å². The quantitative estimate of drug-likeness (QED) is 0.163. The predicted molar refractivity (Wildman–Crippen MR) is 233 cm³/mol. The summed E-state index contributed by atoms with van der Waals surface area (Å²) in [4.78, 5) is 14.8. The van der Waals surface area contributed by atoms with E-state index in [4.69, 9.17) is 29.2 Å². The summed E-state index contributed by atoms with van der Waals surface area (Å²) in [5.74, 6) is 6.92. The number of nitrogens with zero attached hydrogens (tertiary/aromatic N) is 3. The number of benzene rings is 8. The topological polar surface area (TPSA) is 66.4 Å². The van der Waals surface area contributed by atoms with Crippen LogP contribution >= 0.6 is 0 Å². The number of aromatic nitrogens is 3. The number of hydrogen-bond acceptors (Lipinski definition) is 6. The van der Waals surface area contributed by atoms with Gasteiger partial charge in [0, 0.05) is 33.1 Å². The third-order valence-electron chi connectivity index (χ3n) is 12.1. The third kappa shape index (κ3) is 4.91. The van der Waals surface area contributed by atoms with E-state index in [1.807, 2.05) is 97.1 Å². The van der Waals surface area contributed by atoms with Gasteiger partial charge in [0.15, 0.2) is 17.5 Å². The van der Waals surface area contributed by atoms with E-state index in [1.165, 1.54) is 33.4 Å². The molecule has 0 bridgehead atoms. The lowest BCUT2D eigenvalue weighted by atomic mass is 9.34. The van der Waals surface area contributed by atoms with Crippen LogP contribution in [0.25, 0.3) is 67.5 Å². The summed E-state index contributed by atoms with van der Waals surface area (Å²) in [6.45, 7) is -0.00987. The Morgan fingerprint density at radius 1 is 0.322 bits per heavy atom. The molecule has 13 rings (SSSR count). The molecule has 274 valence electrons. The highest BCUT2D eigenvalue weighted by Crippen LogP contribution is 2.48. The van der Waals surface area contributed by atoms with Crippen LogP contribution in [0.3, 0.4) is 0 Å². The van der Waals surface area contributed by atoms with E-state index in [1.54, 1.807) is 0 Å². The van der Waals surface area contributed by atoms with Crippen molar-refractivity contribution < 1.29 is 14.2 Å². The van der Waals surface area contributed by atoms with E-state index in [0.29, 0.717) is 17.5 Å². The Morgan fingerprint density at radius 3 is 1.19 bits per heavy atom. The molecule has 8 aromatic carbocycles. The Bertz CT molecular complexity index is 3090. The molecule has 0 amide bonds. The molecule has 7 heteroatoms. The fraction of sp³-hybridized carbons (Fsp3) is 0.0192. The molecule has 6 nitrogen and oxygen atoms in total. The summed E-state index contributed by atoms with van der Waals surface area (Å²) in [6.07, 6.45) is 0.805. The minimum Gasteiger partial charge on any atom is -0.458 e. The van der Waals surface area contributed by atoms with Crippen molar-refractivity contribution in [1.82, 2.24) is 15.0 Å². The van der Waals surface area contributed by atoms with Crippen molar-refractivity contribution in [2.45, 2.75) is 6.42 Å². The van der Waals surface area contributed by atoms with Crippen LogP contribution in [-0.4, -0.2) is 21.7 Å². The molecule has 4 aliphatic rings. The Hall–Kier alpha value is -7.77. The zero-order valence-electron chi connectivity index (χ0n) is 31.5. The number of rotatable bonds is 5. The molecule has 59 heavy (non-hydrogen) atoms. The monoisotopic (exact) mass is 755 g/mol. The average molecular weight is 756 g/mol. The maximum absolute atomic E-state index is 6.70. The number of hydrogen-bond donors (Lipinski definition) is 0. The molecular formula is C52H30BN3O3. The van der Waals surface area contributed by atoms with E-state index in [9.17, 15) is 0 Å². The molecule has 0 atom stereocenters. The van der Waals surface area contributed by atoms with Gasteiger partial charge in [0.1, 0.15) is 34.5 Å². The second kappa shape index (κ2) is 12.4. The molecule has 0 N–H and O–H groups in total. The van der Waals surface area contributed by atoms with Crippen molar-refractivity contribution in [1.29, 1.82) is 0 Å². The van der Waals surface area contributed by atoms with Crippen LogP contribution in [0.1, 0.15) is 11.1 Å². The predicted octanol–water partition coefficient (Wildman–Crippen LogP) is 10.6. The van der Waals surface area contributed by atoms with Crippen LogP contribution in [0.4, 0.5) is 0 Å².